The number of pyridine rings is 1. The maximum atomic E-state index is 12.7. The van der Waals surface area contributed by atoms with Crippen LogP contribution in [-0.2, 0) is 6.54 Å². The number of nitrogens with zero attached hydrogens (tertiary/aromatic N) is 4. The van der Waals surface area contributed by atoms with Crippen LogP contribution in [0.1, 0.15) is 46.1 Å². The van der Waals surface area contributed by atoms with Crippen LogP contribution in [-0.4, -0.2) is 38.4 Å². The molecule has 0 N–H and O–H groups in total. The number of fused-ring (bicyclic) bond motifs is 1. The van der Waals surface area contributed by atoms with Crippen molar-refractivity contribution in [1.82, 2.24) is 19.4 Å². The number of amides is 1. The van der Waals surface area contributed by atoms with Crippen molar-refractivity contribution in [3.05, 3.63) is 46.0 Å². The van der Waals surface area contributed by atoms with Gasteiger partial charge in [0.15, 0.2) is 5.65 Å². The zero-order valence-corrected chi connectivity index (χ0v) is 15.4. The van der Waals surface area contributed by atoms with Crippen molar-refractivity contribution in [3.63, 3.8) is 0 Å². The van der Waals surface area contributed by atoms with Crippen LogP contribution in [0.25, 0.3) is 11.2 Å². The van der Waals surface area contributed by atoms with Gasteiger partial charge < -0.3 is 9.47 Å². The second-order valence-corrected chi connectivity index (χ2v) is 7.90. The third kappa shape index (κ3) is 2.95. The number of hydrogen-bond donors (Lipinski definition) is 0. The molecule has 1 atom stereocenters. The molecule has 6 heteroatoms. The van der Waals surface area contributed by atoms with E-state index in [4.69, 9.17) is 4.98 Å². The van der Waals surface area contributed by atoms with E-state index >= 15 is 0 Å². The summed E-state index contributed by atoms with van der Waals surface area (Å²) in [4.78, 5) is 26.1. The van der Waals surface area contributed by atoms with Crippen molar-refractivity contribution in [3.8, 4) is 0 Å². The minimum absolute atomic E-state index is 0.150. The molecule has 1 fully saturated rings. The number of thiophene rings is 1. The summed E-state index contributed by atoms with van der Waals surface area (Å²) in [7, 11) is 0. The summed E-state index contributed by atoms with van der Waals surface area (Å²) in [6.45, 7) is 6.65. The first-order valence-electron chi connectivity index (χ1n) is 8.84. The van der Waals surface area contributed by atoms with E-state index in [9.17, 15) is 4.79 Å². The summed E-state index contributed by atoms with van der Waals surface area (Å²) in [6.07, 6.45) is 3.82. The third-order valence-electron chi connectivity index (χ3n) is 4.77. The predicted octanol–water partition coefficient (Wildman–Crippen LogP) is 3.84. The SMILES string of the molecule is CCCn1c([C@@H]2CCN(C(=O)c3ccc(C)s3)C2)nc2cccnc21. The lowest BCUT2D eigenvalue weighted by molar-refractivity contribution is 0.0795. The molecule has 3 aromatic heterocycles. The van der Waals surface area contributed by atoms with Gasteiger partial charge in [-0.15, -0.1) is 11.3 Å². The van der Waals surface area contributed by atoms with E-state index in [1.165, 1.54) is 4.88 Å². The van der Waals surface area contributed by atoms with Crippen molar-refractivity contribution in [2.45, 2.75) is 39.2 Å². The Kier molecular flexibility index (Phi) is 4.29. The topological polar surface area (TPSA) is 51.0 Å². The molecule has 25 heavy (non-hydrogen) atoms. The number of carbonyl (C=O) groups excluding carboxylic acids is 1. The van der Waals surface area contributed by atoms with Gasteiger partial charge in [-0.3, -0.25) is 4.79 Å². The van der Waals surface area contributed by atoms with E-state index in [1.807, 2.05) is 42.3 Å². The van der Waals surface area contributed by atoms with Gasteiger partial charge >= 0.3 is 0 Å². The van der Waals surface area contributed by atoms with Gasteiger partial charge in [0.25, 0.3) is 5.91 Å². The first-order valence-corrected chi connectivity index (χ1v) is 9.66. The normalized spacial score (nSPS) is 17.5. The molecule has 0 radical (unpaired) electrons. The quantitative estimate of drug-likeness (QED) is 0.715. The lowest BCUT2D eigenvalue weighted by Gasteiger charge is -2.16. The molecule has 4 heterocycles. The molecular formula is C19H22N4OS. The predicted molar refractivity (Wildman–Crippen MR) is 100 cm³/mol. The van der Waals surface area contributed by atoms with Crippen LogP contribution >= 0.6 is 11.3 Å². The highest BCUT2D eigenvalue weighted by Gasteiger charge is 2.31. The minimum Gasteiger partial charge on any atom is -0.337 e. The van der Waals surface area contributed by atoms with Gasteiger partial charge in [-0.05, 0) is 44.0 Å². The summed E-state index contributed by atoms with van der Waals surface area (Å²) >= 11 is 1.57. The number of carbonyl (C=O) groups is 1. The van der Waals surface area contributed by atoms with Crippen molar-refractivity contribution in [2.24, 2.45) is 0 Å². The highest BCUT2D eigenvalue weighted by molar-refractivity contribution is 7.13. The smallest absolute Gasteiger partial charge is 0.263 e. The number of aromatic nitrogens is 3. The highest BCUT2D eigenvalue weighted by Crippen LogP contribution is 2.30. The summed E-state index contributed by atoms with van der Waals surface area (Å²) in [5.74, 6) is 1.51. The fraction of sp³-hybridized carbons (Fsp3) is 0.421. The van der Waals surface area contributed by atoms with Crippen LogP contribution in [0.2, 0.25) is 0 Å². The Hall–Kier alpha value is -2.21. The van der Waals surface area contributed by atoms with Crippen LogP contribution in [0.5, 0.6) is 0 Å². The Morgan fingerprint density at radius 3 is 3.00 bits per heavy atom. The van der Waals surface area contributed by atoms with E-state index in [0.29, 0.717) is 0 Å². The van der Waals surface area contributed by atoms with Gasteiger partial charge in [0.1, 0.15) is 11.3 Å². The van der Waals surface area contributed by atoms with Gasteiger partial charge in [0.05, 0.1) is 4.88 Å². The standard InChI is InChI=1S/C19H22N4OS/c1-3-10-23-17(21-15-5-4-9-20-18(15)23)14-8-11-22(12-14)19(24)16-7-6-13(2)25-16/h4-7,9,14H,3,8,10-12H2,1-2H3/t14-/m1/s1. The van der Waals surface area contributed by atoms with E-state index in [1.54, 1.807) is 11.3 Å². The van der Waals surface area contributed by atoms with Gasteiger partial charge in [-0.2, -0.15) is 0 Å². The average molecular weight is 354 g/mol. The first kappa shape index (κ1) is 16.3. The first-order chi connectivity index (χ1) is 12.2. The number of hydrogen-bond acceptors (Lipinski definition) is 4. The van der Waals surface area contributed by atoms with Crippen LogP contribution in [0.4, 0.5) is 0 Å². The zero-order valence-electron chi connectivity index (χ0n) is 14.6. The van der Waals surface area contributed by atoms with Gasteiger partial charge in [0.2, 0.25) is 0 Å². The number of rotatable bonds is 4. The van der Waals surface area contributed by atoms with Crippen LogP contribution in [0.15, 0.2) is 30.5 Å². The molecule has 1 aliphatic rings. The van der Waals surface area contributed by atoms with Crippen LogP contribution in [0, 0.1) is 6.92 Å². The molecule has 0 spiro atoms. The largest absolute Gasteiger partial charge is 0.337 e. The molecule has 1 amide bonds. The molecule has 4 rings (SSSR count). The Balaban J connectivity index is 1.60. The van der Waals surface area contributed by atoms with Crippen LogP contribution in [0.3, 0.4) is 0 Å². The molecule has 0 bridgehead atoms. The zero-order chi connectivity index (χ0) is 17.4. The fourth-order valence-electron chi connectivity index (χ4n) is 3.59. The highest BCUT2D eigenvalue weighted by atomic mass is 32.1. The molecule has 0 aliphatic carbocycles. The molecular weight excluding hydrogens is 332 g/mol. The van der Waals surface area contributed by atoms with E-state index < -0.39 is 0 Å². The fourth-order valence-corrected chi connectivity index (χ4v) is 4.43. The van der Waals surface area contributed by atoms with Crippen molar-refractivity contribution >= 4 is 28.4 Å². The van der Waals surface area contributed by atoms with E-state index in [0.717, 1.165) is 54.3 Å². The van der Waals surface area contributed by atoms with Crippen molar-refractivity contribution in [2.75, 3.05) is 13.1 Å². The summed E-state index contributed by atoms with van der Waals surface area (Å²) < 4.78 is 2.24. The maximum Gasteiger partial charge on any atom is 0.263 e. The molecule has 0 aromatic carbocycles. The third-order valence-corrected chi connectivity index (χ3v) is 5.76. The van der Waals surface area contributed by atoms with Gasteiger partial charge in [-0.1, -0.05) is 6.92 Å². The average Bonchev–Trinajstić information content (AvgIpc) is 3.33. The molecule has 3 aromatic rings. The second-order valence-electron chi connectivity index (χ2n) is 6.61. The minimum atomic E-state index is 0.150. The number of imidazole rings is 1. The van der Waals surface area contributed by atoms with E-state index in [-0.39, 0.29) is 11.8 Å². The molecule has 1 aliphatic heterocycles. The maximum absolute atomic E-state index is 12.7. The van der Waals surface area contributed by atoms with Crippen molar-refractivity contribution in [1.29, 1.82) is 0 Å². The molecule has 5 nitrogen and oxygen atoms in total. The molecule has 1 saturated heterocycles. The van der Waals surface area contributed by atoms with Gasteiger partial charge in [0, 0.05) is 36.6 Å². The lowest BCUT2D eigenvalue weighted by atomic mass is 10.1. The summed E-state index contributed by atoms with van der Waals surface area (Å²) in [5, 5.41) is 0. The Morgan fingerprint density at radius 1 is 1.36 bits per heavy atom. The van der Waals surface area contributed by atoms with E-state index in [2.05, 4.69) is 16.5 Å². The molecule has 0 saturated carbocycles. The van der Waals surface area contributed by atoms with Crippen molar-refractivity contribution < 1.29 is 4.79 Å². The Labute approximate surface area is 151 Å². The van der Waals surface area contributed by atoms with Crippen LogP contribution < -0.4 is 0 Å². The Bertz CT molecular complexity index is 913. The number of likely N-dealkylation sites (tertiary alicyclic amines) is 1. The van der Waals surface area contributed by atoms with Gasteiger partial charge in [-0.25, -0.2) is 9.97 Å². The summed E-state index contributed by atoms with van der Waals surface area (Å²) in [6, 6.07) is 7.90. The number of aryl methyl sites for hydroxylation is 2. The lowest BCUT2D eigenvalue weighted by Crippen LogP contribution is -2.28. The monoisotopic (exact) mass is 354 g/mol. The Morgan fingerprint density at radius 2 is 2.24 bits per heavy atom. The summed E-state index contributed by atoms with van der Waals surface area (Å²) in [5.41, 5.74) is 1.91. The molecule has 130 valence electrons. The molecule has 0 unspecified atom stereocenters. The second kappa shape index (κ2) is 6.59.